The summed E-state index contributed by atoms with van der Waals surface area (Å²) >= 11 is 0. The van der Waals surface area contributed by atoms with Crippen LogP contribution in [0.1, 0.15) is 155 Å². The molecule has 0 aromatic rings. The van der Waals surface area contributed by atoms with Gasteiger partial charge in [-0.25, -0.2) is 4.79 Å². The second kappa shape index (κ2) is 28.0. The fourth-order valence-electron chi connectivity index (χ4n) is 3.92. The van der Waals surface area contributed by atoms with Gasteiger partial charge >= 0.3 is 6.16 Å². The van der Waals surface area contributed by atoms with Gasteiger partial charge in [-0.3, -0.25) is 0 Å². The minimum atomic E-state index is -0.483. The highest BCUT2D eigenvalue weighted by Crippen LogP contribution is 2.12. The van der Waals surface area contributed by atoms with Crippen LogP contribution >= 0.6 is 0 Å². The highest BCUT2D eigenvalue weighted by molar-refractivity contribution is 5.59. The van der Waals surface area contributed by atoms with E-state index < -0.39 is 6.16 Å². The Balaban J connectivity index is 3.17. The average molecular weight is 453 g/mol. The number of hydrogen-bond donors (Lipinski definition) is 0. The zero-order valence-corrected chi connectivity index (χ0v) is 21.9. The van der Waals surface area contributed by atoms with Crippen LogP contribution in [0.3, 0.4) is 0 Å². The molecule has 0 saturated heterocycles. The Kier molecular flexibility index (Phi) is 27.2. The number of carbonyl (C=O) groups is 1. The van der Waals surface area contributed by atoms with Gasteiger partial charge in [-0.2, -0.15) is 0 Å². The highest BCUT2D eigenvalue weighted by atomic mass is 16.7. The molecule has 32 heavy (non-hydrogen) atoms. The van der Waals surface area contributed by atoms with Gasteiger partial charge in [-0.05, 0) is 32.1 Å². The van der Waals surface area contributed by atoms with Crippen molar-refractivity contribution in [3.63, 3.8) is 0 Å². The third-order valence-electron chi connectivity index (χ3n) is 6.09. The van der Waals surface area contributed by atoms with Gasteiger partial charge in [0.25, 0.3) is 0 Å². The normalized spacial score (nSPS) is 11.3. The van der Waals surface area contributed by atoms with E-state index in [4.69, 9.17) is 9.47 Å². The van der Waals surface area contributed by atoms with Crippen molar-refractivity contribution in [3.8, 4) is 0 Å². The molecule has 0 amide bonds. The van der Waals surface area contributed by atoms with Crippen LogP contribution in [0.25, 0.3) is 0 Å². The maximum Gasteiger partial charge on any atom is 0.508 e. The molecule has 0 saturated carbocycles. The molecule has 190 valence electrons. The second-order valence-electron chi connectivity index (χ2n) is 9.36. The number of allylic oxidation sites excluding steroid dienone is 2. The topological polar surface area (TPSA) is 35.5 Å². The SMILES string of the molecule is CCCC/C=C\CCCCCCCCOC(=O)OCCCCCCCCCCCCCC. The zero-order chi connectivity index (χ0) is 23.4. The molecule has 0 atom stereocenters. The van der Waals surface area contributed by atoms with Crippen molar-refractivity contribution in [2.75, 3.05) is 13.2 Å². The molecule has 0 N–H and O–H groups in total. The number of carbonyl (C=O) groups excluding carboxylic acids is 1. The first-order valence-electron chi connectivity index (χ1n) is 14.3. The van der Waals surface area contributed by atoms with Crippen molar-refractivity contribution in [1.29, 1.82) is 0 Å². The molecule has 0 aromatic heterocycles. The second-order valence-corrected chi connectivity index (χ2v) is 9.36. The third-order valence-corrected chi connectivity index (χ3v) is 6.09. The van der Waals surface area contributed by atoms with Crippen molar-refractivity contribution >= 4 is 6.16 Å². The molecule has 0 rings (SSSR count). The number of hydrogen-bond acceptors (Lipinski definition) is 3. The molecule has 0 heterocycles. The van der Waals surface area contributed by atoms with Gasteiger partial charge in [0.2, 0.25) is 0 Å². The molecule has 0 unspecified atom stereocenters. The van der Waals surface area contributed by atoms with Gasteiger partial charge in [0.05, 0.1) is 13.2 Å². The van der Waals surface area contributed by atoms with E-state index in [1.165, 1.54) is 116 Å². The van der Waals surface area contributed by atoms with Crippen LogP contribution in [-0.4, -0.2) is 19.4 Å². The fourth-order valence-corrected chi connectivity index (χ4v) is 3.92. The van der Waals surface area contributed by atoms with Crippen molar-refractivity contribution in [3.05, 3.63) is 12.2 Å². The predicted octanol–water partition coefficient (Wildman–Crippen LogP) is 10.3. The summed E-state index contributed by atoms with van der Waals surface area (Å²) in [6.07, 6.45) is 32.2. The summed E-state index contributed by atoms with van der Waals surface area (Å²) in [5.41, 5.74) is 0. The smallest absolute Gasteiger partial charge is 0.434 e. The summed E-state index contributed by atoms with van der Waals surface area (Å²) < 4.78 is 10.3. The lowest BCUT2D eigenvalue weighted by Crippen LogP contribution is -2.09. The fraction of sp³-hybridized carbons (Fsp3) is 0.897. The standard InChI is InChI=1S/C29H56O3/c1-3-5-7-9-11-13-15-17-19-21-23-25-27-31-29(30)32-28-26-24-22-20-18-16-14-12-10-8-6-4-2/h9,11H,3-8,10,12-28H2,1-2H3/b11-9-. The van der Waals surface area contributed by atoms with Crippen molar-refractivity contribution in [2.45, 2.75) is 155 Å². The van der Waals surface area contributed by atoms with Crippen LogP contribution in [0, 0.1) is 0 Å². The molecule has 0 aliphatic rings. The van der Waals surface area contributed by atoms with E-state index in [0.717, 1.165) is 25.7 Å². The number of unbranched alkanes of at least 4 members (excludes halogenated alkanes) is 19. The van der Waals surface area contributed by atoms with Gasteiger partial charge in [0.1, 0.15) is 0 Å². The quantitative estimate of drug-likeness (QED) is 0.0784. The van der Waals surface area contributed by atoms with Gasteiger partial charge in [-0.15, -0.1) is 0 Å². The molecule has 0 aliphatic heterocycles. The van der Waals surface area contributed by atoms with Crippen molar-refractivity contribution in [2.24, 2.45) is 0 Å². The first-order valence-corrected chi connectivity index (χ1v) is 14.3. The Morgan fingerprint density at radius 2 is 0.812 bits per heavy atom. The molecule has 3 nitrogen and oxygen atoms in total. The molecule has 0 radical (unpaired) electrons. The van der Waals surface area contributed by atoms with Gasteiger partial charge in [0.15, 0.2) is 0 Å². The summed E-state index contributed by atoms with van der Waals surface area (Å²) in [6, 6.07) is 0. The molecule has 3 heteroatoms. The van der Waals surface area contributed by atoms with E-state index in [-0.39, 0.29) is 0 Å². The third kappa shape index (κ3) is 27.0. The summed E-state index contributed by atoms with van der Waals surface area (Å²) in [4.78, 5) is 11.6. The monoisotopic (exact) mass is 452 g/mol. The van der Waals surface area contributed by atoms with Crippen molar-refractivity contribution < 1.29 is 14.3 Å². The minimum absolute atomic E-state index is 0.483. The largest absolute Gasteiger partial charge is 0.508 e. The van der Waals surface area contributed by atoms with Crippen molar-refractivity contribution in [1.82, 2.24) is 0 Å². The molecule has 0 bridgehead atoms. The predicted molar refractivity (Wildman–Crippen MR) is 139 cm³/mol. The molecule has 0 aliphatic carbocycles. The lowest BCUT2D eigenvalue weighted by Gasteiger charge is -2.06. The van der Waals surface area contributed by atoms with E-state index in [1.54, 1.807) is 0 Å². The first kappa shape index (κ1) is 31.0. The maximum absolute atomic E-state index is 11.6. The van der Waals surface area contributed by atoms with E-state index in [0.29, 0.717) is 13.2 Å². The Morgan fingerprint density at radius 3 is 1.25 bits per heavy atom. The van der Waals surface area contributed by atoms with Crippen LogP contribution in [-0.2, 0) is 9.47 Å². The van der Waals surface area contributed by atoms with Crippen LogP contribution in [0.15, 0.2) is 12.2 Å². The summed E-state index contributed by atoms with van der Waals surface area (Å²) in [5, 5.41) is 0. The zero-order valence-electron chi connectivity index (χ0n) is 21.9. The van der Waals surface area contributed by atoms with Gasteiger partial charge in [-0.1, -0.05) is 135 Å². The maximum atomic E-state index is 11.6. The Hall–Kier alpha value is -0.990. The van der Waals surface area contributed by atoms with Crippen LogP contribution < -0.4 is 0 Å². The number of ether oxygens (including phenoxy) is 2. The van der Waals surface area contributed by atoms with Gasteiger partial charge in [0, 0.05) is 0 Å². The Bertz CT molecular complexity index is 392. The minimum Gasteiger partial charge on any atom is -0.434 e. The summed E-state index contributed by atoms with van der Waals surface area (Å²) in [7, 11) is 0. The first-order chi connectivity index (χ1) is 15.8. The molecule has 0 fully saturated rings. The lowest BCUT2D eigenvalue weighted by molar-refractivity contribution is 0.0529. The van der Waals surface area contributed by atoms with Crippen LogP contribution in [0.2, 0.25) is 0 Å². The van der Waals surface area contributed by atoms with E-state index in [1.807, 2.05) is 0 Å². The van der Waals surface area contributed by atoms with E-state index in [9.17, 15) is 4.79 Å². The lowest BCUT2D eigenvalue weighted by atomic mass is 10.1. The van der Waals surface area contributed by atoms with E-state index in [2.05, 4.69) is 26.0 Å². The number of rotatable bonds is 25. The van der Waals surface area contributed by atoms with Crippen LogP contribution in [0.4, 0.5) is 4.79 Å². The van der Waals surface area contributed by atoms with Gasteiger partial charge < -0.3 is 9.47 Å². The van der Waals surface area contributed by atoms with E-state index >= 15 is 0 Å². The summed E-state index contributed by atoms with van der Waals surface area (Å²) in [5.74, 6) is 0. The van der Waals surface area contributed by atoms with Crippen LogP contribution in [0.5, 0.6) is 0 Å². The Morgan fingerprint density at radius 1 is 0.469 bits per heavy atom. The molecule has 0 aromatic carbocycles. The highest BCUT2D eigenvalue weighted by Gasteiger charge is 2.03. The Labute approximate surface area is 201 Å². The molecule has 0 spiro atoms. The summed E-state index contributed by atoms with van der Waals surface area (Å²) in [6.45, 7) is 5.51. The average Bonchev–Trinajstić information content (AvgIpc) is 2.80. The molecular formula is C29H56O3. The molecular weight excluding hydrogens is 396 g/mol.